The average molecular weight is 416 g/mol. The third-order valence-corrected chi connectivity index (χ3v) is 5.29. The number of anilines is 3. The standard InChI is InChI=1S/C23H24N6O2/c1-30-18-11-9-16(10-12-18)26-21-20-15-25-29(17-6-3-2-4-7-17)22(20)28-23(27-21)24-14-19-8-5-13-31-19/h2-4,6-7,9-12,15,19H,5,8,13-14H2,1H3,(H2,24,26,27,28)/t19-/m1/s1. The van der Waals surface area contributed by atoms with Gasteiger partial charge in [-0.2, -0.15) is 15.1 Å². The van der Waals surface area contributed by atoms with Crippen molar-refractivity contribution in [2.45, 2.75) is 18.9 Å². The highest BCUT2D eigenvalue weighted by Crippen LogP contribution is 2.28. The number of benzene rings is 2. The summed E-state index contributed by atoms with van der Waals surface area (Å²) in [6, 6.07) is 17.7. The molecule has 2 aromatic heterocycles. The summed E-state index contributed by atoms with van der Waals surface area (Å²) in [5.74, 6) is 2.03. The maximum atomic E-state index is 5.72. The molecule has 1 aliphatic heterocycles. The molecule has 1 fully saturated rings. The summed E-state index contributed by atoms with van der Waals surface area (Å²) >= 11 is 0. The van der Waals surface area contributed by atoms with Gasteiger partial charge in [0.25, 0.3) is 0 Å². The number of hydrogen-bond acceptors (Lipinski definition) is 7. The number of ether oxygens (including phenoxy) is 2. The summed E-state index contributed by atoms with van der Waals surface area (Å²) in [5.41, 5.74) is 2.57. The van der Waals surface area contributed by atoms with Crippen LogP contribution in [0.3, 0.4) is 0 Å². The van der Waals surface area contributed by atoms with E-state index in [4.69, 9.17) is 19.4 Å². The van der Waals surface area contributed by atoms with Gasteiger partial charge >= 0.3 is 0 Å². The first-order valence-electron chi connectivity index (χ1n) is 10.4. The van der Waals surface area contributed by atoms with E-state index in [-0.39, 0.29) is 6.10 Å². The molecule has 0 bridgehead atoms. The van der Waals surface area contributed by atoms with E-state index < -0.39 is 0 Å². The Labute approximate surface area is 180 Å². The molecule has 0 spiro atoms. The van der Waals surface area contributed by atoms with Gasteiger partial charge in [0.15, 0.2) is 5.65 Å². The Morgan fingerprint density at radius 1 is 1.10 bits per heavy atom. The molecule has 0 aliphatic carbocycles. The molecule has 5 rings (SSSR count). The third kappa shape index (κ3) is 4.15. The van der Waals surface area contributed by atoms with E-state index >= 15 is 0 Å². The molecule has 0 unspecified atom stereocenters. The van der Waals surface area contributed by atoms with Crippen molar-refractivity contribution in [3.8, 4) is 11.4 Å². The average Bonchev–Trinajstić information content (AvgIpc) is 3.49. The minimum atomic E-state index is 0.191. The fraction of sp³-hybridized carbons (Fsp3) is 0.261. The predicted molar refractivity (Wildman–Crippen MR) is 120 cm³/mol. The van der Waals surface area contributed by atoms with Crippen LogP contribution < -0.4 is 15.4 Å². The molecule has 0 saturated carbocycles. The van der Waals surface area contributed by atoms with Crippen LogP contribution in [0.15, 0.2) is 60.8 Å². The van der Waals surface area contributed by atoms with Crippen molar-refractivity contribution in [1.82, 2.24) is 19.7 Å². The lowest BCUT2D eigenvalue weighted by Gasteiger charge is -2.13. The van der Waals surface area contributed by atoms with Gasteiger partial charge in [-0.15, -0.1) is 0 Å². The van der Waals surface area contributed by atoms with Gasteiger partial charge in [-0.1, -0.05) is 18.2 Å². The van der Waals surface area contributed by atoms with Crippen LogP contribution in [-0.4, -0.2) is 46.1 Å². The first-order valence-corrected chi connectivity index (χ1v) is 10.4. The van der Waals surface area contributed by atoms with E-state index in [2.05, 4.69) is 15.7 Å². The van der Waals surface area contributed by atoms with Crippen LogP contribution in [0.2, 0.25) is 0 Å². The van der Waals surface area contributed by atoms with E-state index in [1.165, 1.54) is 0 Å². The molecule has 2 N–H and O–H groups in total. The van der Waals surface area contributed by atoms with Gasteiger partial charge in [-0.25, -0.2) is 4.68 Å². The molecular formula is C23H24N6O2. The Hall–Kier alpha value is -3.65. The second-order valence-electron chi connectivity index (χ2n) is 7.39. The zero-order chi connectivity index (χ0) is 21.0. The molecule has 8 heteroatoms. The van der Waals surface area contributed by atoms with Gasteiger partial charge in [0.05, 0.1) is 30.5 Å². The predicted octanol–water partition coefficient (Wildman–Crippen LogP) is 4.16. The molecule has 31 heavy (non-hydrogen) atoms. The smallest absolute Gasteiger partial charge is 0.226 e. The second-order valence-corrected chi connectivity index (χ2v) is 7.39. The number of methoxy groups -OCH3 is 1. The van der Waals surface area contributed by atoms with E-state index in [1.807, 2.05) is 59.3 Å². The molecule has 4 aromatic rings. The lowest BCUT2D eigenvalue weighted by Crippen LogP contribution is -2.20. The van der Waals surface area contributed by atoms with E-state index in [1.54, 1.807) is 13.3 Å². The topological polar surface area (TPSA) is 86.1 Å². The molecule has 3 heterocycles. The molecule has 158 valence electrons. The summed E-state index contributed by atoms with van der Waals surface area (Å²) in [7, 11) is 1.65. The van der Waals surface area contributed by atoms with Gasteiger partial charge in [0.2, 0.25) is 5.95 Å². The first kappa shape index (κ1) is 19.3. The fourth-order valence-corrected chi connectivity index (χ4v) is 3.66. The molecule has 2 aromatic carbocycles. The fourth-order valence-electron chi connectivity index (χ4n) is 3.66. The molecule has 1 aliphatic rings. The third-order valence-electron chi connectivity index (χ3n) is 5.29. The van der Waals surface area contributed by atoms with Gasteiger partial charge in [-0.3, -0.25) is 0 Å². The highest BCUT2D eigenvalue weighted by atomic mass is 16.5. The summed E-state index contributed by atoms with van der Waals surface area (Å²) in [5, 5.41) is 12.2. The number of fused-ring (bicyclic) bond motifs is 1. The van der Waals surface area contributed by atoms with E-state index in [0.717, 1.165) is 47.6 Å². The molecule has 1 saturated heterocycles. The number of rotatable bonds is 7. The Balaban J connectivity index is 1.52. The lowest BCUT2D eigenvalue weighted by molar-refractivity contribution is 0.120. The van der Waals surface area contributed by atoms with E-state index in [9.17, 15) is 0 Å². The van der Waals surface area contributed by atoms with Crippen LogP contribution in [-0.2, 0) is 4.74 Å². The van der Waals surface area contributed by atoms with Crippen molar-refractivity contribution in [2.24, 2.45) is 0 Å². The van der Waals surface area contributed by atoms with Crippen LogP contribution in [0.4, 0.5) is 17.5 Å². The van der Waals surface area contributed by atoms with Gasteiger partial charge in [0.1, 0.15) is 11.6 Å². The highest BCUT2D eigenvalue weighted by molar-refractivity contribution is 5.90. The Morgan fingerprint density at radius 3 is 2.68 bits per heavy atom. The van der Waals surface area contributed by atoms with Crippen LogP contribution in [0.1, 0.15) is 12.8 Å². The monoisotopic (exact) mass is 416 g/mol. The number of nitrogens with one attached hydrogen (secondary N) is 2. The second kappa shape index (κ2) is 8.61. The summed E-state index contributed by atoms with van der Waals surface area (Å²) in [6.07, 6.45) is 4.13. The van der Waals surface area contributed by atoms with Crippen LogP contribution in [0.25, 0.3) is 16.7 Å². The molecule has 0 radical (unpaired) electrons. The number of hydrogen-bond donors (Lipinski definition) is 2. The van der Waals surface area contributed by atoms with Crippen molar-refractivity contribution < 1.29 is 9.47 Å². The zero-order valence-corrected chi connectivity index (χ0v) is 17.3. The lowest BCUT2D eigenvalue weighted by atomic mass is 10.2. The summed E-state index contributed by atoms with van der Waals surface area (Å²) in [6.45, 7) is 1.49. The number of para-hydroxylation sites is 1. The summed E-state index contributed by atoms with van der Waals surface area (Å²) < 4.78 is 12.8. The van der Waals surface area contributed by atoms with E-state index in [0.29, 0.717) is 18.3 Å². The zero-order valence-electron chi connectivity index (χ0n) is 17.3. The summed E-state index contributed by atoms with van der Waals surface area (Å²) in [4.78, 5) is 9.50. The first-order chi connectivity index (χ1) is 15.3. The van der Waals surface area contributed by atoms with Gasteiger partial charge < -0.3 is 20.1 Å². The van der Waals surface area contributed by atoms with Gasteiger partial charge in [0, 0.05) is 18.8 Å². The molecule has 8 nitrogen and oxygen atoms in total. The minimum absolute atomic E-state index is 0.191. The minimum Gasteiger partial charge on any atom is -0.497 e. The Morgan fingerprint density at radius 2 is 1.94 bits per heavy atom. The molecule has 1 atom stereocenters. The van der Waals surface area contributed by atoms with Crippen molar-refractivity contribution in [3.63, 3.8) is 0 Å². The maximum absolute atomic E-state index is 5.72. The maximum Gasteiger partial charge on any atom is 0.226 e. The van der Waals surface area contributed by atoms with Crippen molar-refractivity contribution in [1.29, 1.82) is 0 Å². The van der Waals surface area contributed by atoms with Crippen LogP contribution >= 0.6 is 0 Å². The highest BCUT2D eigenvalue weighted by Gasteiger charge is 2.18. The van der Waals surface area contributed by atoms with Crippen LogP contribution in [0, 0.1) is 0 Å². The normalized spacial score (nSPS) is 15.8. The van der Waals surface area contributed by atoms with Gasteiger partial charge in [-0.05, 0) is 49.2 Å². The van der Waals surface area contributed by atoms with Crippen molar-refractivity contribution in [3.05, 3.63) is 60.8 Å². The molecule has 0 amide bonds. The molecular weight excluding hydrogens is 392 g/mol. The number of nitrogens with zero attached hydrogens (tertiary/aromatic N) is 4. The van der Waals surface area contributed by atoms with Crippen LogP contribution in [0.5, 0.6) is 5.75 Å². The number of aromatic nitrogens is 4. The van der Waals surface area contributed by atoms with Crippen molar-refractivity contribution in [2.75, 3.05) is 30.9 Å². The quantitative estimate of drug-likeness (QED) is 0.468. The largest absolute Gasteiger partial charge is 0.497 e. The Bertz CT molecular complexity index is 1150. The van der Waals surface area contributed by atoms with Crippen molar-refractivity contribution >= 4 is 28.5 Å². The SMILES string of the molecule is COc1ccc(Nc2nc(NC[C@H]3CCCO3)nc3c2cnn3-c2ccccc2)cc1. The Kier molecular flexibility index (Phi) is 5.37.